The van der Waals surface area contributed by atoms with E-state index in [1.54, 1.807) is 18.9 Å². The number of hydrogen-bond acceptors (Lipinski definition) is 5. The fraction of sp³-hybridized carbons (Fsp3) is 0.667. The SMILES string of the molecule is COCCN1CCCC2(CCN(C(=O)Cn3cc(C)c(=O)[nH]c3=O)C2)C1=O. The number of methoxy groups -OCH3 is 1. The summed E-state index contributed by atoms with van der Waals surface area (Å²) in [6.45, 7) is 4.11. The Bertz CT molecular complexity index is 845. The van der Waals surface area contributed by atoms with Gasteiger partial charge >= 0.3 is 5.69 Å². The highest BCUT2D eigenvalue weighted by atomic mass is 16.5. The molecule has 0 aliphatic carbocycles. The minimum Gasteiger partial charge on any atom is -0.383 e. The molecule has 2 saturated heterocycles. The molecule has 2 fully saturated rings. The van der Waals surface area contributed by atoms with Crippen molar-refractivity contribution in [2.45, 2.75) is 32.7 Å². The number of hydrogen-bond donors (Lipinski definition) is 1. The molecule has 0 bridgehead atoms. The van der Waals surface area contributed by atoms with Gasteiger partial charge in [0.15, 0.2) is 0 Å². The summed E-state index contributed by atoms with van der Waals surface area (Å²) in [5.74, 6) is -0.125. The maximum Gasteiger partial charge on any atom is 0.328 e. The number of nitrogens with zero attached hydrogens (tertiary/aromatic N) is 3. The molecule has 0 saturated carbocycles. The first-order chi connectivity index (χ1) is 12.9. The summed E-state index contributed by atoms with van der Waals surface area (Å²) < 4.78 is 6.29. The second-order valence-electron chi connectivity index (χ2n) is 7.43. The Balaban J connectivity index is 1.69. The van der Waals surface area contributed by atoms with Crippen LogP contribution in [-0.4, -0.2) is 71.1 Å². The second-order valence-corrected chi connectivity index (χ2v) is 7.43. The van der Waals surface area contributed by atoms with Crippen LogP contribution in [0.2, 0.25) is 0 Å². The van der Waals surface area contributed by atoms with Gasteiger partial charge in [-0.2, -0.15) is 0 Å². The van der Waals surface area contributed by atoms with Crippen LogP contribution in [-0.2, 0) is 20.9 Å². The minimum absolute atomic E-state index is 0.0955. The van der Waals surface area contributed by atoms with Crippen LogP contribution in [0, 0.1) is 12.3 Å². The number of likely N-dealkylation sites (tertiary alicyclic amines) is 2. The summed E-state index contributed by atoms with van der Waals surface area (Å²) in [6.07, 6.45) is 3.72. The molecule has 27 heavy (non-hydrogen) atoms. The number of carbonyl (C=O) groups excluding carboxylic acids is 2. The Morgan fingerprint density at radius 1 is 1.26 bits per heavy atom. The highest BCUT2D eigenvalue weighted by Crippen LogP contribution is 2.40. The Kier molecular flexibility index (Phi) is 5.50. The predicted octanol–water partition coefficient (Wildman–Crippen LogP) is -0.667. The van der Waals surface area contributed by atoms with Crippen molar-refractivity contribution in [3.8, 4) is 0 Å². The lowest BCUT2D eigenvalue weighted by Crippen LogP contribution is -2.51. The van der Waals surface area contributed by atoms with Crippen molar-refractivity contribution in [1.82, 2.24) is 19.4 Å². The smallest absolute Gasteiger partial charge is 0.328 e. The third-order valence-electron chi connectivity index (χ3n) is 5.59. The van der Waals surface area contributed by atoms with Gasteiger partial charge in [-0.1, -0.05) is 0 Å². The minimum atomic E-state index is -0.604. The fourth-order valence-corrected chi connectivity index (χ4v) is 4.01. The molecule has 2 aliphatic heterocycles. The average Bonchev–Trinajstić information content (AvgIpc) is 3.06. The number of ether oxygens (including phenoxy) is 1. The van der Waals surface area contributed by atoms with E-state index in [1.165, 1.54) is 10.8 Å². The van der Waals surface area contributed by atoms with E-state index >= 15 is 0 Å². The molecule has 9 heteroatoms. The molecule has 2 aliphatic rings. The van der Waals surface area contributed by atoms with Crippen LogP contribution in [0.1, 0.15) is 24.8 Å². The molecule has 3 rings (SSSR count). The number of aromatic amines is 1. The molecular weight excluding hydrogens is 352 g/mol. The van der Waals surface area contributed by atoms with E-state index in [-0.39, 0.29) is 18.4 Å². The number of nitrogens with one attached hydrogen (secondary N) is 1. The highest BCUT2D eigenvalue weighted by molar-refractivity contribution is 5.86. The fourth-order valence-electron chi connectivity index (χ4n) is 4.01. The Morgan fingerprint density at radius 2 is 2.04 bits per heavy atom. The van der Waals surface area contributed by atoms with Crippen molar-refractivity contribution in [3.05, 3.63) is 32.6 Å². The van der Waals surface area contributed by atoms with Crippen LogP contribution in [0.15, 0.2) is 15.8 Å². The summed E-state index contributed by atoms with van der Waals surface area (Å²) in [7, 11) is 1.61. The van der Waals surface area contributed by atoms with E-state index in [4.69, 9.17) is 4.74 Å². The van der Waals surface area contributed by atoms with Gasteiger partial charge in [-0.25, -0.2) is 4.79 Å². The maximum absolute atomic E-state index is 13.0. The van der Waals surface area contributed by atoms with E-state index in [0.29, 0.717) is 38.2 Å². The molecule has 1 unspecified atom stereocenters. The van der Waals surface area contributed by atoms with E-state index in [1.807, 2.05) is 4.90 Å². The Labute approximate surface area is 156 Å². The summed E-state index contributed by atoms with van der Waals surface area (Å²) >= 11 is 0. The van der Waals surface area contributed by atoms with Crippen LogP contribution in [0.4, 0.5) is 0 Å². The standard InChI is InChI=1S/C18H26N4O5/c1-13-10-22(17(26)19-15(13)24)11-14(23)21-7-5-18(12-21)4-3-6-20(16(18)25)8-9-27-2/h10H,3-9,11-12H2,1-2H3,(H,19,24,26). The summed E-state index contributed by atoms with van der Waals surface area (Å²) in [5.41, 5.74) is -1.20. The third kappa shape index (κ3) is 3.83. The molecule has 0 aromatic carbocycles. The van der Waals surface area contributed by atoms with Crippen molar-refractivity contribution in [1.29, 1.82) is 0 Å². The van der Waals surface area contributed by atoms with Crippen LogP contribution < -0.4 is 11.2 Å². The summed E-state index contributed by atoms with van der Waals surface area (Å²) in [4.78, 5) is 54.7. The lowest BCUT2D eigenvalue weighted by molar-refractivity contribution is -0.146. The van der Waals surface area contributed by atoms with E-state index < -0.39 is 16.7 Å². The summed E-state index contributed by atoms with van der Waals surface area (Å²) in [6, 6.07) is 0. The molecule has 1 spiro atoms. The molecule has 148 valence electrons. The largest absolute Gasteiger partial charge is 0.383 e. The molecule has 9 nitrogen and oxygen atoms in total. The van der Waals surface area contributed by atoms with Gasteiger partial charge in [0.05, 0.1) is 12.0 Å². The van der Waals surface area contributed by atoms with Crippen LogP contribution in [0.3, 0.4) is 0 Å². The number of aromatic nitrogens is 2. The zero-order chi connectivity index (χ0) is 19.6. The third-order valence-corrected chi connectivity index (χ3v) is 5.59. The van der Waals surface area contributed by atoms with E-state index in [2.05, 4.69) is 4.98 Å². The number of rotatable bonds is 5. The summed E-state index contributed by atoms with van der Waals surface area (Å²) in [5, 5.41) is 0. The number of aryl methyl sites for hydroxylation is 1. The van der Waals surface area contributed by atoms with Gasteiger partial charge in [0.2, 0.25) is 11.8 Å². The quantitative estimate of drug-likeness (QED) is 0.732. The van der Waals surface area contributed by atoms with Gasteiger partial charge in [-0.05, 0) is 26.2 Å². The van der Waals surface area contributed by atoms with Gasteiger partial charge in [-0.15, -0.1) is 0 Å². The number of amides is 2. The van der Waals surface area contributed by atoms with E-state index in [9.17, 15) is 19.2 Å². The maximum atomic E-state index is 13.0. The van der Waals surface area contributed by atoms with Gasteiger partial charge in [-0.3, -0.25) is 23.9 Å². The van der Waals surface area contributed by atoms with Crippen molar-refractivity contribution < 1.29 is 14.3 Å². The first-order valence-corrected chi connectivity index (χ1v) is 9.23. The second kappa shape index (κ2) is 7.67. The predicted molar refractivity (Wildman–Crippen MR) is 97.4 cm³/mol. The van der Waals surface area contributed by atoms with Gasteiger partial charge in [0, 0.05) is 45.0 Å². The lowest BCUT2D eigenvalue weighted by Gasteiger charge is -2.39. The number of piperidine rings is 1. The van der Waals surface area contributed by atoms with E-state index in [0.717, 1.165) is 19.4 Å². The molecule has 1 N–H and O–H groups in total. The van der Waals surface area contributed by atoms with Crippen molar-refractivity contribution in [3.63, 3.8) is 0 Å². The molecule has 0 radical (unpaired) electrons. The van der Waals surface area contributed by atoms with Crippen molar-refractivity contribution >= 4 is 11.8 Å². The Morgan fingerprint density at radius 3 is 2.78 bits per heavy atom. The lowest BCUT2D eigenvalue weighted by atomic mass is 9.78. The van der Waals surface area contributed by atoms with Gasteiger partial charge in [0.25, 0.3) is 5.56 Å². The number of carbonyl (C=O) groups is 2. The normalized spacial score (nSPS) is 22.7. The van der Waals surface area contributed by atoms with Crippen LogP contribution in [0.5, 0.6) is 0 Å². The monoisotopic (exact) mass is 378 g/mol. The molecule has 1 aromatic rings. The van der Waals surface area contributed by atoms with Gasteiger partial charge < -0.3 is 14.5 Å². The average molecular weight is 378 g/mol. The topological polar surface area (TPSA) is 105 Å². The number of H-pyrrole nitrogens is 1. The zero-order valence-corrected chi connectivity index (χ0v) is 15.8. The van der Waals surface area contributed by atoms with Gasteiger partial charge in [0.1, 0.15) is 6.54 Å². The molecular formula is C18H26N4O5. The first kappa shape index (κ1) is 19.3. The van der Waals surface area contributed by atoms with Crippen LogP contribution in [0.25, 0.3) is 0 Å². The molecule has 1 atom stereocenters. The van der Waals surface area contributed by atoms with Crippen molar-refractivity contribution in [2.75, 3.05) is 39.9 Å². The molecule has 3 heterocycles. The van der Waals surface area contributed by atoms with Crippen LogP contribution >= 0.6 is 0 Å². The Hall–Kier alpha value is -2.42. The first-order valence-electron chi connectivity index (χ1n) is 9.23. The molecule has 2 amide bonds. The van der Waals surface area contributed by atoms with Crippen molar-refractivity contribution in [2.24, 2.45) is 5.41 Å². The highest BCUT2D eigenvalue weighted by Gasteiger charge is 2.49. The zero-order valence-electron chi connectivity index (χ0n) is 15.8. The molecule has 1 aromatic heterocycles.